The van der Waals surface area contributed by atoms with Crippen LogP contribution in [0.2, 0.25) is 0 Å². The van der Waals surface area contributed by atoms with Crippen LogP contribution in [0.25, 0.3) is 0 Å². The lowest BCUT2D eigenvalue weighted by molar-refractivity contribution is -0.0630. The predicted octanol–water partition coefficient (Wildman–Crippen LogP) is 6.63. The lowest BCUT2D eigenvalue weighted by Gasteiger charge is -2.37. The minimum atomic E-state index is -0.864. The molecule has 0 unspecified atom stereocenters. The first-order chi connectivity index (χ1) is 18.1. The molecule has 0 aliphatic rings. The zero-order valence-corrected chi connectivity index (χ0v) is 21.8. The molecule has 0 aliphatic heterocycles. The van der Waals surface area contributed by atoms with Gasteiger partial charge in [0.2, 0.25) is 0 Å². The average molecular weight is 499 g/mol. The second-order valence-electron chi connectivity index (χ2n) is 8.78. The van der Waals surface area contributed by atoms with Gasteiger partial charge < -0.3 is 23.7 Å². The van der Waals surface area contributed by atoms with Crippen LogP contribution >= 0.6 is 0 Å². The molecule has 0 saturated heterocycles. The van der Waals surface area contributed by atoms with Gasteiger partial charge in [-0.05, 0) is 65.6 Å². The van der Waals surface area contributed by atoms with Gasteiger partial charge in [0.15, 0.2) is 0 Å². The van der Waals surface area contributed by atoms with Gasteiger partial charge in [0, 0.05) is 0 Å². The van der Waals surface area contributed by atoms with Gasteiger partial charge in [-0.3, -0.25) is 0 Å². The van der Waals surface area contributed by atoms with Crippen molar-refractivity contribution in [1.82, 2.24) is 0 Å². The van der Waals surface area contributed by atoms with Gasteiger partial charge in [-0.2, -0.15) is 0 Å². The number of rotatable bonds is 12. The third-order valence-corrected chi connectivity index (χ3v) is 6.40. The van der Waals surface area contributed by atoms with Crippen molar-refractivity contribution >= 4 is 0 Å². The van der Waals surface area contributed by atoms with Crippen LogP contribution in [-0.4, -0.2) is 34.0 Å². The van der Waals surface area contributed by atoms with E-state index >= 15 is 0 Å². The zero-order chi connectivity index (χ0) is 26.1. The Morgan fingerprint density at radius 1 is 0.568 bits per heavy atom. The molecule has 4 aromatic rings. The van der Waals surface area contributed by atoms with Crippen LogP contribution in [0.4, 0.5) is 0 Å². The summed E-state index contributed by atoms with van der Waals surface area (Å²) in [5, 5.41) is 0. The molecule has 192 valence electrons. The third kappa shape index (κ3) is 6.13. The lowest BCUT2D eigenvalue weighted by Crippen LogP contribution is -2.35. The van der Waals surface area contributed by atoms with E-state index in [1.54, 1.807) is 21.3 Å². The van der Waals surface area contributed by atoms with Crippen molar-refractivity contribution in [3.63, 3.8) is 0 Å². The topological polar surface area (TPSA) is 46.2 Å². The van der Waals surface area contributed by atoms with Gasteiger partial charge in [0.1, 0.15) is 22.8 Å². The van der Waals surface area contributed by atoms with E-state index in [0.717, 1.165) is 39.5 Å². The van der Waals surface area contributed by atoms with Crippen molar-refractivity contribution in [1.29, 1.82) is 0 Å². The van der Waals surface area contributed by atoms with Crippen molar-refractivity contribution in [3.8, 4) is 17.2 Å². The highest BCUT2D eigenvalue weighted by Gasteiger charge is 2.38. The summed E-state index contributed by atoms with van der Waals surface area (Å²) in [5.74, 6) is 2.40. The summed E-state index contributed by atoms with van der Waals surface area (Å²) in [6, 6.07) is 34.2. The summed E-state index contributed by atoms with van der Waals surface area (Å²) in [4.78, 5) is 0. The van der Waals surface area contributed by atoms with Crippen LogP contribution in [0.1, 0.15) is 29.2 Å². The second-order valence-corrected chi connectivity index (χ2v) is 8.78. The van der Waals surface area contributed by atoms with E-state index in [1.165, 1.54) is 0 Å². The molecule has 0 fully saturated rings. The monoisotopic (exact) mass is 498 g/mol. The normalized spacial score (nSPS) is 12.1. The van der Waals surface area contributed by atoms with E-state index in [-0.39, 0.29) is 6.10 Å². The molecule has 0 aliphatic carbocycles. The first-order valence-corrected chi connectivity index (χ1v) is 12.3. The molecular formula is C32H34O5. The average Bonchev–Trinajstić information content (AvgIpc) is 2.97. The van der Waals surface area contributed by atoms with Crippen molar-refractivity contribution < 1.29 is 23.7 Å². The minimum absolute atomic E-state index is 0.151. The summed E-state index contributed by atoms with van der Waals surface area (Å²) in [7, 11) is 5.00. The Bertz CT molecular complexity index is 1170. The quantitative estimate of drug-likeness (QED) is 0.205. The highest BCUT2D eigenvalue weighted by Crippen LogP contribution is 2.41. The van der Waals surface area contributed by atoms with Crippen LogP contribution in [-0.2, 0) is 21.7 Å². The first kappa shape index (κ1) is 26.3. The third-order valence-electron chi connectivity index (χ3n) is 6.40. The highest BCUT2D eigenvalue weighted by molar-refractivity contribution is 5.49. The van der Waals surface area contributed by atoms with E-state index in [2.05, 4.69) is 36.4 Å². The summed E-state index contributed by atoms with van der Waals surface area (Å²) >= 11 is 0. The van der Waals surface area contributed by atoms with E-state index in [0.29, 0.717) is 13.2 Å². The van der Waals surface area contributed by atoms with Gasteiger partial charge in [-0.1, -0.05) is 66.7 Å². The zero-order valence-electron chi connectivity index (χ0n) is 21.8. The molecular weight excluding hydrogens is 464 g/mol. The molecule has 4 aromatic carbocycles. The Morgan fingerprint density at radius 2 is 1.00 bits per heavy atom. The minimum Gasteiger partial charge on any atom is -0.497 e. The summed E-state index contributed by atoms with van der Waals surface area (Å²) in [6.45, 7) is 2.89. The Morgan fingerprint density at radius 3 is 1.46 bits per heavy atom. The second kappa shape index (κ2) is 12.4. The maximum Gasteiger partial charge on any atom is 0.143 e. The Hall–Kier alpha value is -3.80. The molecule has 0 aromatic heterocycles. The largest absolute Gasteiger partial charge is 0.497 e. The molecule has 4 rings (SSSR count). The molecule has 0 amide bonds. The van der Waals surface area contributed by atoms with Gasteiger partial charge in [0.05, 0.1) is 40.6 Å². The van der Waals surface area contributed by atoms with Crippen LogP contribution in [0.5, 0.6) is 17.2 Å². The van der Waals surface area contributed by atoms with Crippen molar-refractivity contribution in [2.45, 2.75) is 25.2 Å². The smallest absolute Gasteiger partial charge is 0.143 e. The number of ether oxygens (including phenoxy) is 5. The van der Waals surface area contributed by atoms with Crippen LogP contribution in [0, 0.1) is 0 Å². The van der Waals surface area contributed by atoms with Crippen molar-refractivity contribution in [2.24, 2.45) is 0 Å². The van der Waals surface area contributed by atoms with Gasteiger partial charge in [-0.15, -0.1) is 0 Å². The van der Waals surface area contributed by atoms with Gasteiger partial charge in [-0.25, -0.2) is 0 Å². The molecule has 0 bridgehead atoms. The maximum atomic E-state index is 6.90. The van der Waals surface area contributed by atoms with E-state index < -0.39 is 5.60 Å². The molecule has 0 N–H and O–H groups in total. The number of methoxy groups -OCH3 is 3. The van der Waals surface area contributed by atoms with Crippen molar-refractivity contribution in [2.75, 3.05) is 27.9 Å². The molecule has 0 saturated carbocycles. The molecule has 0 heterocycles. The van der Waals surface area contributed by atoms with Crippen LogP contribution in [0.15, 0.2) is 103 Å². The summed E-state index contributed by atoms with van der Waals surface area (Å²) < 4.78 is 29.2. The number of benzene rings is 4. The molecule has 5 heteroatoms. The Labute approximate surface area is 219 Å². The van der Waals surface area contributed by atoms with Crippen LogP contribution in [0.3, 0.4) is 0 Å². The van der Waals surface area contributed by atoms with E-state index in [1.807, 2.05) is 73.7 Å². The summed E-state index contributed by atoms with van der Waals surface area (Å²) in [6.07, 6.45) is -0.151. The fourth-order valence-electron chi connectivity index (χ4n) is 4.33. The summed E-state index contributed by atoms with van der Waals surface area (Å²) in [5.41, 5.74) is 3.22. The number of hydrogen-bond donors (Lipinski definition) is 0. The fourth-order valence-corrected chi connectivity index (χ4v) is 4.33. The standard InChI is InChI=1S/C32H34O5/c1-24(36-23-25-10-16-29(33-2)17-11-25)22-37-32(26-8-6-5-7-9-26,27-12-18-30(34-3)19-13-27)28-14-20-31(35-4)21-15-28/h5-21,24H,22-23H2,1-4H3/t24-/m1/s1. The molecule has 5 nitrogen and oxygen atoms in total. The Balaban J connectivity index is 1.66. The molecule has 0 spiro atoms. The van der Waals surface area contributed by atoms with Gasteiger partial charge in [0.25, 0.3) is 0 Å². The van der Waals surface area contributed by atoms with Crippen LogP contribution < -0.4 is 14.2 Å². The predicted molar refractivity (Wildman–Crippen MR) is 146 cm³/mol. The van der Waals surface area contributed by atoms with E-state index in [9.17, 15) is 0 Å². The molecule has 0 radical (unpaired) electrons. The fraction of sp³-hybridized carbons (Fsp3) is 0.250. The SMILES string of the molecule is COc1ccc(CO[C@H](C)COC(c2ccccc2)(c2ccc(OC)cc2)c2ccc(OC)cc2)cc1. The maximum absolute atomic E-state index is 6.90. The molecule has 37 heavy (non-hydrogen) atoms. The van der Waals surface area contributed by atoms with Crippen molar-refractivity contribution in [3.05, 3.63) is 125 Å². The highest BCUT2D eigenvalue weighted by atomic mass is 16.5. The Kier molecular flexibility index (Phi) is 8.83. The number of hydrogen-bond acceptors (Lipinski definition) is 5. The lowest BCUT2D eigenvalue weighted by atomic mass is 9.80. The van der Waals surface area contributed by atoms with E-state index in [4.69, 9.17) is 23.7 Å². The molecule has 1 atom stereocenters. The first-order valence-electron chi connectivity index (χ1n) is 12.3. The van der Waals surface area contributed by atoms with Gasteiger partial charge >= 0.3 is 0 Å².